The van der Waals surface area contributed by atoms with Crippen LogP contribution in [0.25, 0.3) is 0 Å². The number of halogens is 1. The predicted molar refractivity (Wildman–Crippen MR) is 114 cm³/mol. The number of hydrogen-bond donors (Lipinski definition) is 2. The molecule has 28 heavy (non-hydrogen) atoms. The Bertz CT molecular complexity index is 975. The van der Waals surface area contributed by atoms with Gasteiger partial charge >= 0.3 is 0 Å². The van der Waals surface area contributed by atoms with Gasteiger partial charge in [0.2, 0.25) is 15.9 Å². The summed E-state index contributed by atoms with van der Waals surface area (Å²) < 4.78 is 26.1. The molecule has 0 heterocycles. The molecule has 2 aromatic rings. The average Bonchev–Trinajstić information content (AvgIpc) is 2.64. The van der Waals surface area contributed by atoms with Gasteiger partial charge in [-0.3, -0.25) is 13.9 Å². The molecule has 0 unspecified atom stereocenters. The van der Waals surface area contributed by atoms with Crippen molar-refractivity contribution in [3.63, 3.8) is 0 Å². The van der Waals surface area contributed by atoms with E-state index in [4.69, 9.17) is 0 Å². The monoisotopic (exact) mass is 465 g/mol. The van der Waals surface area contributed by atoms with Crippen molar-refractivity contribution in [3.8, 4) is 0 Å². The molecule has 0 spiro atoms. The zero-order chi connectivity index (χ0) is 20.7. The van der Waals surface area contributed by atoms with E-state index in [0.717, 1.165) is 15.0 Å². The van der Waals surface area contributed by atoms with Gasteiger partial charge in [-0.05, 0) is 36.4 Å². The number of carbonyl (C=O) groups is 2. The lowest BCUT2D eigenvalue weighted by atomic mass is 10.1. The zero-order valence-electron chi connectivity index (χ0n) is 15.2. The number of benzene rings is 2. The highest BCUT2D eigenvalue weighted by molar-refractivity contribution is 9.10. The molecule has 0 atom stereocenters. The number of hydrogen-bond acceptors (Lipinski definition) is 4. The number of nitrogens with one attached hydrogen (secondary N) is 2. The fourth-order valence-corrected chi connectivity index (χ4v) is 3.50. The van der Waals surface area contributed by atoms with Crippen LogP contribution >= 0.6 is 15.9 Å². The van der Waals surface area contributed by atoms with Crippen molar-refractivity contribution >= 4 is 49.1 Å². The van der Waals surface area contributed by atoms with Gasteiger partial charge in [0.1, 0.15) is 6.54 Å². The van der Waals surface area contributed by atoms with E-state index in [9.17, 15) is 18.0 Å². The van der Waals surface area contributed by atoms with Crippen LogP contribution < -0.4 is 14.9 Å². The lowest BCUT2D eigenvalue weighted by Gasteiger charge is -2.22. The molecule has 0 radical (unpaired) electrons. The minimum Gasteiger partial charge on any atom is -0.349 e. The minimum absolute atomic E-state index is 0.271. The van der Waals surface area contributed by atoms with E-state index in [1.165, 1.54) is 0 Å². The highest BCUT2D eigenvalue weighted by Gasteiger charge is 2.22. The number of nitrogens with zero attached hydrogens (tertiary/aromatic N) is 1. The topological polar surface area (TPSA) is 95.6 Å². The van der Waals surface area contributed by atoms with Gasteiger partial charge in [0.25, 0.3) is 5.91 Å². The van der Waals surface area contributed by atoms with E-state index in [1.807, 2.05) is 0 Å². The molecule has 0 aliphatic heterocycles. The maximum atomic E-state index is 12.5. The van der Waals surface area contributed by atoms with E-state index in [-0.39, 0.29) is 18.0 Å². The first kappa shape index (κ1) is 21.6. The third-order valence-corrected chi connectivity index (χ3v) is 5.32. The summed E-state index contributed by atoms with van der Waals surface area (Å²) in [6.45, 7) is 3.39. The fourth-order valence-electron chi connectivity index (χ4n) is 2.38. The molecule has 0 saturated heterocycles. The molecule has 0 fully saturated rings. The molecule has 148 valence electrons. The Morgan fingerprint density at radius 3 is 2.39 bits per heavy atom. The largest absolute Gasteiger partial charge is 0.349 e. The molecule has 2 rings (SSSR count). The van der Waals surface area contributed by atoms with Crippen molar-refractivity contribution in [1.29, 1.82) is 0 Å². The molecular weight excluding hydrogens is 446 g/mol. The normalized spacial score (nSPS) is 10.8. The van der Waals surface area contributed by atoms with Crippen LogP contribution in [-0.4, -0.2) is 39.6 Å². The summed E-state index contributed by atoms with van der Waals surface area (Å²) in [5.41, 5.74) is 0.920. The van der Waals surface area contributed by atoms with Crippen LogP contribution in [0.15, 0.2) is 65.7 Å². The Kier molecular flexibility index (Phi) is 7.36. The van der Waals surface area contributed by atoms with Gasteiger partial charge in [-0.25, -0.2) is 8.42 Å². The van der Waals surface area contributed by atoms with Gasteiger partial charge in [0.05, 0.1) is 23.2 Å². The van der Waals surface area contributed by atoms with E-state index in [0.29, 0.717) is 11.4 Å². The van der Waals surface area contributed by atoms with Crippen LogP contribution in [-0.2, 0) is 14.8 Å². The summed E-state index contributed by atoms with van der Waals surface area (Å²) in [4.78, 5) is 24.7. The number of para-hydroxylation sites is 1. The maximum Gasteiger partial charge on any atom is 0.253 e. The van der Waals surface area contributed by atoms with Crippen molar-refractivity contribution in [3.05, 3.63) is 71.2 Å². The van der Waals surface area contributed by atoms with Gasteiger partial charge < -0.3 is 10.6 Å². The quantitative estimate of drug-likeness (QED) is 0.585. The second kappa shape index (κ2) is 9.52. The second-order valence-corrected chi connectivity index (χ2v) is 8.66. The maximum absolute atomic E-state index is 12.5. The molecule has 0 aromatic heterocycles. The number of carbonyl (C=O) groups excluding carboxylic acids is 2. The Morgan fingerprint density at radius 1 is 1.14 bits per heavy atom. The lowest BCUT2D eigenvalue weighted by Crippen LogP contribution is -2.37. The predicted octanol–water partition coefficient (Wildman–Crippen LogP) is 2.77. The first-order chi connectivity index (χ1) is 13.2. The molecule has 0 aliphatic rings. The third kappa shape index (κ3) is 5.93. The van der Waals surface area contributed by atoms with Crippen LogP contribution in [0.5, 0.6) is 0 Å². The number of rotatable bonds is 8. The number of sulfonamides is 1. The van der Waals surface area contributed by atoms with Crippen LogP contribution in [0.3, 0.4) is 0 Å². The SMILES string of the molecule is C=CCNC(=O)c1ccccc1NC(=O)CN(c1ccc(Br)cc1)S(C)(=O)=O. The average molecular weight is 466 g/mol. The van der Waals surface area contributed by atoms with Crippen LogP contribution in [0, 0.1) is 0 Å². The molecule has 0 aliphatic carbocycles. The Hall–Kier alpha value is -2.65. The Morgan fingerprint density at radius 2 is 1.79 bits per heavy atom. The van der Waals surface area contributed by atoms with Crippen LogP contribution in [0.1, 0.15) is 10.4 Å². The van der Waals surface area contributed by atoms with Crippen molar-refractivity contribution in [2.24, 2.45) is 0 Å². The molecule has 2 aromatic carbocycles. The molecule has 9 heteroatoms. The summed E-state index contributed by atoms with van der Waals surface area (Å²) in [6, 6.07) is 13.0. The molecule has 0 bridgehead atoms. The first-order valence-corrected chi connectivity index (χ1v) is 10.9. The summed E-state index contributed by atoms with van der Waals surface area (Å²) in [6.07, 6.45) is 2.57. The second-order valence-electron chi connectivity index (χ2n) is 5.84. The summed E-state index contributed by atoms with van der Waals surface area (Å²) in [7, 11) is -3.69. The van der Waals surface area contributed by atoms with E-state index < -0.39 is 22.5 Å². The van der Waals surface area contributed by atoms with Crippen molar-refractivity contribution in [2.45, 2.75) is 0 Å². The Balaban J connectivity index is 2.21. The van der Waals surface area contributed by atoms with Gasteiger partial charge in [-0.1, -0.05) is 34.1 Å². The summed E-state index contributed by atoms with van der Waals surface area (Å²) in [5, 5.41) is 5.25. The van der Waals surface area contributed by atoms with Gasteiger partial charge in [-0.15, -0.1) is 6.58 Å². The van der Waals surface area contributed by atoms with Crippen LogP contribution in [0.2, 0.25) is 0 Å². The van der Waals surface area contributed by atoms with E-state index >= 15 is 0 Å². The Labute approximate surface area is 172 Å². The lowest BCUT2D eigenvalue weighted by molar-refractivity contribution is -0.114. The number of anilines is 2. The van der Waals surface area contributed by atoms with Crippen molar-refractivity contribution < 1.29 is 18.0 Å². The number of amides is 2. The highest BCUT2D eigenvalue weighted by Crippen LogP contribution is 2.21. The molecule has 7 nitrogen and oxygen atoms in total. The fraction of sp³-hybridized carbons (Fsp3) is 0.158. The van der Waals surface area contributed by atoms with Gasteiger partial charge in [0.15, 0.2) is 0 Å². The standard InChI is InChI=1S/C19H20BrN3O4S/c1-3-12-21-19(25)16-6-4-5-7-17(16)22-18(24)13-23(28(2,26)27)15-10-8-14(20)9-11-15/h3-11H,1,12-13H2,2H3,(H,21,25)(H,22,24). The summed E-state index contributed by atoms with van der Waals surface area (Å²) >= 11 is 3.29. The molecule has 2 amide bonds. The molecular formula is C19H20BrN3O4S. The van der Waals surface area contributed by atoms with E-state index in [1.54, 1.807) is 54.6 Å². The minimum atomic E-state index is -3.69. The van der Waals surface area contributed by atoms with Crippen molar-refractivity contribution in [2.75, 3.05) is 29.0 Å². The molecule has 0 saturated carbocycles. The summed E-state index contributed by atoms with van der Waals surface area (Å²) in [5.74, 6) is -0.944. The van der Waals surface area contributed by atoms with E-state index in [2.05, 4.69) is 33.1 Å². The van der Waals surface area contributed by atoms with Gasteiger partial charge in [0, 0.05) is 11.0 Å². The van der Waals surface area contributed by atoms with Crippen molar-refractivity contribution in [1.82, 2.24) is 5.32 Å². The highest BCUT2D eigenvalue weighted by atomic mass is 79.9. The van der Waals surface area contributed by atoms with Crippen LogP contribution in [0.4, 0.5) is 11.4 Å². The third-order valence-electron chi connectivity index (χ3n) is 3.65. The van der Waals surface area contributed by atoms with Gasteiger partial charge in [-0.2, -0.15) is 0 Å². The molecule has 2 N–H and O–H groups in total. The zero-order valence-corrected chi connectivity index (χ0v) is 17.6. The smallest absolute Gasteiger partial charge is 0.253 e. The first-order valence-electron chi connectivity index (χ1n) is 8.23.